The summed E-state index contributed by atoms with van der Waals surface area (Å²) < 4.78 is 39.3. The van der Waals surface area contributed by atoms with Crippen LogP contribution in [-0.2, 0) is 18.3 Å². The molecule has 0 aromatic carbocycles. The molecule has 0 aromatic rings. The van der Waals surface area contributed by atoms with Gasteiger partial charge in [0, 0.05) is 0 Å². The van der Waals surface area contributed by atoms with Crippen molar-refractivity contribution in [3.05, 3.63) is 0 Å². The van der Waals surface area contributed by atoms with Crippen LogP contribution in [0.1, 0.15) is 13.8 Å². The summed E-state index contributed by atoms with van der Waals surface area (Å²) in [5, 5.41) is -0.332. The topological polar surface area (TPSA) is 57.5 Å². The summed E-state index contributed by atoms with van der Waals surface area (Å²) >= 11 is -4.61. The van der Waals surface area contributed by atoms with Crippen molar-refractivity contribution in [2.24, 2.45) is 5.41 Å². The Labute approximate surface area is 62.5 Å². The van der Waals surface area contributed by atoms with Gasteiger partial charge in [0.15, 0.2) is 0 Å². The summed E-state index contributed by atoms with van der Waals surface area (Å²) in [5.74, 6) is 0. The van der Waals surface area contributed by atoms with Crippen LogP contribution in [-0.4, -0.2) is 14.7 Å². The van der Waals surface area contributed by atoms with E-state index in [9.17, 15) is 8.06 Å². The van der Waals surface area contributed by atoms with Crippen LogP contribution in [0.15, 0.2) is 0 Å². The van der Waals surface area contributed by atoms with Crippen molar-refractivity contribution in [3.8, 4) is 0 Å². The molecule has 0 atom stereocenters. The minimum atomic E-state index is -4.61. The van der Waals surface area contributed by atoms with E-state index in [2.05, 4.69) is 0 Å². The molecule has 0 aliphatic heterocycles. The standard InChI is InChI=1S/C5H10F.2H2O.O.V/c1-5(2,3)4-6;;;;/h1,4H2,2-3H3;2*1H2;;/q;;;;+2/p-2. The van der Waals surface area contributed by atoms with Crippen molar-refractivity contribution in [3.63, 3.8) is 0 Å². The molecule has 62 valence electrons. The monoisotopic (exact) mass is 190 g/mol. The third kappa shape index (κ3) is 5.05. The molecule has 2 N–H and O–H groups in total. The van der Waals surface area contributed by atoms with Gasteiger partial charge in [0.25, 0.3) is 0 Å². The normalized spacial score (nSPS) is 13.7. The van der Waals surface area contributed by atoms with Gasteiger partial charge in [0.05, 0.1) is 0 Å². The van der Waals surface area contributed by atoms with Gasteiger partial charge < -0.3 is 0 Å². The number of halogens is 1. The van der Waals surface area contributed by atoms with E-state index in [0.29, 0.717) is 0 Å². The predicted octanol–water partition coefficient (Wildman–Crippen LogP) is 0.714. The van der Waals surface area contributed by atoms with Crippen LogP contribution >= 0.6 is 0 Å². The number of hydrogen-bond acceptors (Lipinski definition) is 1. The van der Waals surface area contributed by atoms with Crippen molar-refractivity contribution in [1.82, 2.24) is 0 Å². The molecule has 0 saturated heterocycles. The second kappa shape index (κ2) is 3.09. The second-order valence-electron chi connectivity index (χ2n) is 3.12. The van der Waals surface area contributed by atoms with Gasteiger partial charge in [-0.1, -0.05) is 0 Å². The van der Waals surface area contributed by atoms with Crippen LogP contribution in [0, 0.1) is 5.41 Å². The molecule has 5 heteroatoms. The van der Waals surface area contributed by atoms with Gasteiger partial charge in [0.2, 0.25) is 0 Å². The first-order valence-corrected chi connectivity index (χ1v) is 5.68. The Hall–Kier alpha value is 0.234. The summed E-state index contributed by atoms with van der Waals surface area (Å²) in [4.78, 5) is 0. The van der Waals surface area contributed by atoms with Crippen LogP contribution in [0.4, 0.5) is 4.39 Å². The summed E-state index contributed by atoms with van der Waals surface area (Å²) in [6.45, 7) is 2.29. The third-order valence-electron chi connectivity index (χ3n) is 0.996. The van der Waals surface area contributed by atoms with Crippen LogP contribution in [0.2, 0.25) is 5.13 Å². The zero-order valence-corrected chi connectivity index (χ0v) is 7.44. The van der Waals surface area contributed by atoms with Crippen molar-refractivity contribution in [1.29, 1.82) is 0 Å². The fraction of sp³-hybridized carbons (Fsp3) is 1.00. The first kappa shape index (κ1) is 10.2. The van der Waals surface area contributed by atoms with E-state index in [0.717, 1.165) is 0 Å². The van der Waals surface area contributed by atoms with Crippen LogP contribution in [0.5, 0.6) is 0 Å². The van der Waals surface area contributed by atoms with Gasteiger partial charge >= 0.3 is 61.9 Å². The first-order valence-electron chi connectivity index (χ1n) is 2.87. The summed E-state index contributed by atoms with van der Waals surface area (Å²) in [5.41, 5.74) is -0.877. The SMILES string of the molecule is CC(C)(CF)[CH2][V](=[O])([OH])[OH]. The Bertz CT molecular complexity index is 151. The Morgan fingerprint density at radius 3 is 2.00 bits per heavy atom. The van der Waals surface area contributed by atoms with E-state index in [4.69, 9.17) is 8.06 Å². The predicted molar refractivity (Wildman–Crippen MR) is 29.7 cm³/mol. The molecule has 0 fully saturated rings. The maximum atomic E-state index is 12.0. The van der Waals surface area contributed by atoms with Gasteiger partial charge in [0.1, 0.15) is 0 Å². The number of rotatable bonds is 3. The quantitative estimate of drug-likeness (QED) is 0.689. The zero-order valence-electron chi connectivity index (χ0n) is 6.04. The molecule has 10 heavy (non-hydrogen) atoms. The maximum absolute atomic E-state index is 12.0. The molecule has 0 bridgehead atoms. The van der Waals surface area contributed by atoms with E-state index in [1.807, 2.05) is 0 Å². The first-order chi connectivity index (χ1) is 4.27. The molecule has 0 aliphatic carbocycles. The van der Waals surface area contributed by atoms with Crippen molar-refractivity contribution in [2.75, 3.05) is 6.67 Å². The van der Waals surface area contributed by atoms with Gasteiger partial charge in [-0.2, -0.15) is 0 Å². The van der Waals surface area contributed by atoms with Crippen molar-refractivity contribution < 1.29 is 30.8 Å². The van der Waals surface area contributed by atoms with E-state index >= 15 is 0 Å². The third-order valence-corrected chi connectivity index (χ3v) is 2.98. The molecule has 0 aromatic heterocycles. The Morgan fingerprint density at radius 1 is 1.50 bits per heavy atom. The van der Waals surface area contributed by atoms with Crippen molar-refractivity contribution >= 4 is 0 Å². The molecule has 0 rings (SSSR count). The van der Waals surface area contributed by atoms with E-state index < -0.39 is 26.8 Å². The van der Waals surface area contributed by atoms with Crippen LogP contribution < -0.4 is 0 Å². The molecule has 0 aliphatic rings. The van der Waals surface area contributed by atoms with E-state index in [1.165, 1.54) is 13.8 Å². The zero-order chi connectivity index (χ0) is 8.41. The molecular formula is C5H12FO3V. The molecule has 0 amide bonds. The molecule has 0 spiro atoms. The second-order valence-corrected chi connectivity index (χ2v) is 5.69. The summed E-state index contributed by atoms with van der Waals surface area (Å²) in [6.07, 6.45) is 0. The number of alkyl halides is 1. The molecular weight excluding hydrogens is 178 g/mol. The van der Waals surface area contributed by atoms with Gasteiger partial charge in [-0.25, -0.2) is 0 Å². The van der Waals surface area contributed by atoms with Crippen LogP contribution in [0.25, 0.3) is 0 Å². The van der Waals surface area contributed by atoms with Crippen LogP contribution in [0.3, 0.4) is 0 Å². The number of hydrogen-bond donors (Lipinski definition) is 2. The van der Waals surface area contributed by atoms with E-state index in [-0.39, 0.29) is 5.13 Å². The average molecular weight is 190 g/mol. The Morgan fingerprint density at radius 2 is 1.90 bits per heavy atom. The minimum absolute atomic E-state index is 0.332. The Kier molecular flexibility index (Phi) is 3.16. The van der Waals surface area contributed by atoms with Gasteiger partial charge in [-0.15, -0.1) is 0 Å². The Balaban J connectivity index is 4.02. The molecule has 0 saturated carbocycles. The molecule has 0 unspecified atom stereocenters. The summed E-state index contributed by atoms with van der Waals surface area (Å²) in [6, 6.07) is 0. The summed E-state index contributed by atoms with van der Waals surface area (Å²) in [7, 11) is 0. The van der Waals surface area contributed by atoms with Gasteiger partial charge in [-0.05, 0) is 0 Å². The van der Waals surface area contributed by atoms with E-state index in [1.54, 1.807) is 0 Å². The molecule has 3 nitrogen and oxygen atoms in total. The fourth-order valence-electron chi connectivity index (χ4n) is 0.600. The average Bonchev–Trinajstić information content (AvgIpc) is 1.60. The molecule has 0 heterocycles. The fourth-order valence-corrected chi connectivity index (χ4v) is 2.47. The van der Waals surface area contributed by atoms with Gasteiger partial charge in [-0.3, -0.25) is 0 Å². The van der Waals surface area contributed by atoms with Crippen molar-refractivity contribution in [2.45, 2.75) is 19.0 Å². The molecule has 0 radical (unpaired) electrons.